The van der Waals surface area contributed by atoms with Gasteiger partial charge in [0.1, 0.15) is 0 Å². The molecule has 1 saturated carbocycles. The maximum Gasteiger partial charge on any atom is 0.226 e. The highest BCUT2D eigenvalue weighted by Gasteiger charge is 2.32. The molecule has 1 aliphatic carbocycles. The van der Waals surface area contributed by atoms with Crippen LogP contribution in [0.4, 0.5) is 5.69 Å². The first-order valence-electron chi connectivity index (χ1n) is 7.09. The van der Waals surface area contributed by atoms with Crippen molar-refractivity contribution in [3.05, 3.63) is 27.2 Å². The third kappa shape index (κ3) is 4.26. The quantitative estimate of drug-likeness (QED) is 0.812. The smallest absolute Gasteiger partial charge is 0.226 e. The molecule has 1 amide bonds. The molecule has 3 nitrogen and oxygen atoms in total. The zero-order valence-electron chi connectivity index (χ0n) is 11.9. The molecule has 6 heteroatoms. The van der Waals surface area contributed by atoms with Crippen molar-refractivity contribution in [2.75, 3.05) is 12.4 Å². The number of halogens is 3. The predicted molar refractivity (Wildman–Crippen MR) is 89.6 cm³/mol. The fraction of sp³-hybridized carbons (Fsp3) is 0.533. The molecule has 0 atom stereocenters. The Morgan fingerprint density at radius 2 is 1.71 bits per heavy atom. The summed E-state index contributed by atoms with van der Waals surface area (Å²) in [5.41, 5.74) is 0.308. The number of carbonyl (C=O) groups is 1. The van der Waals surface area contributed by atoms with Crippen molar-refractivity contribution in [2.24, 2.45) is 0 Å². The van der Waals surface area contributed by atoms with Crippen LogP contribution in [-0.2, 0) is 4.79 Å². The van der Waals surface area contributed by atoms with Gasteiger partial charge in [-0.05, 0) is 32.0 Å². The monoisotopic (exact) mass is 348 g/mol. The van der Waals surface area contributed by atoms with Crippen molar-refractivity contribution < 1.29 is 4.79 Å². The second kappa shape index (κ2) is 7.19. The highest BCUT2D eigenvalue weighted by molar-refractivity contribution is 6.42. The maximum atomic E-state index is 12.3. The standard InChI is InChI=1S/C15H19Cl3N2O/c1-19-15(5-3-2-4-6-15)9-13(21)20-14-11(17)7-10(16)8-12(14)18/h7-8,19H,2-6,9H2,1H3,(H,20,21). The van der Waals surface area contributed by atoms with Crippen LogP contribution in [0, 0.1) is 0 Å². The molecule has 116 valence electrons. The van der Waals surface area contributed by atoms with Crippen molar-refractivity contribution in [3.63, 3.8) is 0 Å². The summed E-state index contributed by atoms with van der Waals surface area (Å²) in [6, 6.07) is 3.14. The van der Waals surface area contributed by atoms with E-state index in [9.17, 15) is 4.79 Å². The highest BCUT2D eigenvalue weighted by Crippen LogP contribution is 2.35. The molecule has 0 heterocycles. The van der Waals surface area contributed by atoms with Gasteiger partial charge in [0.05, 0.1) is 15.7 Å². The third-order valence-corrected chi connectivity index (χ3v) is 4.93. The summed E-state index contributed by atoms with van der Waals surface area (Å²) >= 11 is 18.0. The lowest BCUT2D eigenvalue weighted by Gasteiger charge is -2.36. The van der Waals surface area contributed by atoms with Crippen molar-refractivity contribution in [1.29, 1.82) is 0 Å². The molecular formula is C15H19Cl3N2O. The molecule has 2 N–H and O–H groups in total. The fourth-order valence-electron chi connectivity index (χ4n) is 2.90. The largest absolute Gasteiger partial charge is 0.323 e. The second-order valence-corrected chi connectivity index (χ2v) is 6.81. The van der Waals surface area contributed by atoms with E-state index in [1.807, 2.05) is 7.05 Å². The molecule has 21 heavy (non-hydrogen) atoms. The van der Waals surface area contributed by atoms with Crippen LogP contribution in [0.15, 0.2) is 12.1 Å². The molecule has 0 bridgehead atoms. The van der Waals surface area contributed by atoms with Gasteiger partial charge in [0, 0.05) is 17.0 Å². The number of rotatable bonds is 4. The van der Waals surface area contributed by atoms with Crippen LogP contribution < -0.4 is 10.6 Å². The molecule has 0 saturated heterocycles. The molecule has 1 aromatic carbocycles. The normalized spacial score (nSPS) is 17.5. The van der Waals surface area contributed by atoms with Crippen LogP contribution >= 0.6 is 34.8 Å². The zero-order valence-corrected chi connectivity index (χ0v) is 14.2. The lowest BCUT2D eigenvalue weighted by atomic mass is 9.79. The summed E-state index contributed by atoms with van der Waals surface area (Å²) < 4.78 is 0. The van der Waals surface area contributed by atoms with Gasteiger partial charge in [-0.2, -0.15) is 0 Å². The Morgan fingerprint density at radius 3 is 2.24 bits per heavy atom. The van der Waals surface area contributed by atoms with Crippen molar-refractivity contribution in [3.8, 4) is 0 Å². The minimum absolute atomic E-state index is 0.0858. The highest BCUT2D eigenvalue weighted by atomic mass is 35.5. The topological polar surface area (TPSA) is 41.1 Å². The number of amides is 1. The number of nitrogens with one attached hydrogen (secondary N) is 2. The second-order valence-electron chi connectivity index (χ2n) is 5.56. The van der Waals surface area contributed by atoms with E-state index in [0.717, 1.165) is 25.7 Å². The lowest BCUT2D eigenvalue weighted by Crippen LogP contribution is -2.47. The van der Waals surface area contributed by atoms with Crippen LogP contribution in [0.2, 0.25) is 15.1 Å². The van der Waals surface area contributed by atoms with E-state index in [4.69, 9.17) is 34.8 Å². The number of hydrogen-bond acceptors (Lipinski definition) is 2. The molecule has 0 aliphatic heterocycles. The first-order chi connectivity index (χ1) is 9.96. The summed E-state index contributed by atoms with van der Waals surface area (Å²) in [6.45, 7) is 0. The van der Waals surface area contributed by atoms with Crippen molar-refractivity contribution in [1.82, 2.24) is 5.32 Å². The van der Waals surface area contributed by atoms with Gasteiger partial charge in [0.25, 0.3) is 0 Å². The summed E-state index contributed by atoms with van der Waals surface area (Å²) in [5.74, 6) is -0.0858. The van der Waals surface area contributed by atoms with Gasteiger partial charge in [-0.3, -0.25) is 4.79 Å². The predicted octanol–water partition coefficient (Wildman–Crippen LogP) is 4.90. The third-order valence-electron chi connectivity index (χ3n) is 4.11. The molecule has 0 aromatic heterocycles. The summed E-state index contributed by atoms with van der Waals surface area (Å²) in [6.07, 6.45) is 5.98. The number of benzene rings is 1. The van der Waals surface area contributed by atoms with Gasteiger partial charge in [0.2, 0.25) is 5.91 Å². The van der Waals surface area contributed by atoms with E-state index in [0.29, 0.717) is 27.2 Å². The van der Waals surface area contributed by atoms with E-state index < -0.39 is 0 Å². The Labute approximate surface area is 140 Å². The van der Waals surface area contributed by atoms with Crippen LogP contribution in [-0.4, -0.2) is 18.5 Å². The van der Waals surface area contributed by atoms with Crippen molar-refractivity contribution in [2.45, 2.75) is 44.1 Å². The number of anilines is 1. The van der Waals surface area contributed by atoms with Crippen molar-refractivity contribution >= 4 is 46.4 Å². The van der Waals surface area contributed by atoms with Gasteiger partial charge >= 0.3 is 0 Å². The Morgan fingerprint density at radius 1 is 1.14 bits per heavy atom. The van der Waals surface area contributed by atoms with Gasteiger partial charge in [0.15, 0.2) is 0 Å². The average molecular weight is 350 g/mol. The number of hydrogen-bond donors (Lipinski definition) is 2. The van der Waals surface area contributed by atoms with Crippen LogP contribution in [0.5, 0.6) is 0 Å². The molecule has 0 unspecified atom stereocenters. The molecule has 0 spiro atoms. The lowest BCUT2D eigenvalue weighted by molar-refractivity contribution is -0.117. The number of carbonyl (C=O) groups excluding carboxylic acids is 1. The van der Waals surface area contributed by atoms with Gasteiger partial charge < -0.3 is 10.6 Å². The molecule has 1 fully saturated rings. The molecular weight excluding hydrogens is 331 g/mol. The summed E-state index contributed by atoms with van der Waals surface area (Å²) in [7, 11) is 1.92. The van der Waals surface area contributed by atoms with Gasteiger partial charge in [-0.25, -0.2) is 0 Å². The van der Waals surface area contributed by atoms with Gasteiger partial charge in [-0.15, -0.1) is 0 Å². The Kier molecular flexibility index (Phi) is 5.78. The Bertz CT molecular complexity index is 505. The van der Waals surface area contributed by atoms with E-state index in [-0.39, 0.29) is 11.4 Å². The first kappa shape index (κ1) is 16.9. The average Bonchev–Trinajstić information content (AvgIpc) is 2.44. The van der Waals surface area contributed by atoms with Gasteiger partial charge in [-0.1, -0.05) is 54.1 Å². The van der Waals surface area contributed by atoms with E-state index in [2.05, 4.69) is 10.6 Å². The van der Waals surface area contributed by atoms with Crippen LogP contribution in [0.1, 0.15) is 38.5 Å². The Hall–Kier alpha value is -0.480. The molecule has 0 radical (unpaired) electrons. The van der Waals surface area contributed by atoms with Crippen LogP contribution in [0.25, 0.3) is 0 Å². The van der Waals surface area contributed by atoms with E-state index >= 15 is 0 Å². The van der Waals surface area contributed by atoms with E-state index in [1.54, 1.807) is 12.1 Å². The minimum Gasteiger partial charge on any atom is -0.323 e. The molecule has 1 aliphatic rings. The summed E-state index contributed by atoms with van der Waals surface area (Å²) in [5, 5.41) is 7.28. The Balaban J connectivity index is 2.08. The minimum atomic E-state index is -0.117. The molecule has 1 aromatic rings. The fourth-order valence-corrected chi connectivity index (χ4v) is 3.81. The first-order valence-corrected chi connectivity index (χ1v) is 8.22. The van der Waals surface area contributed by atoms with Crippen LogP contribution in [0.3, 0.4) is 0 Å². The molecule has 2 rings (SSSR count). The summed E-state index contributed by atoms with van der Waals surface area (Å²) in [4.78, 5) is 12.3. The zero-order chi connectivity index (χ0) is 15.5. The SMILES string of the molecule is CNC1(CC(=O)Nc2c(Cl)cc(Cl)cc2Cl)CCCCC1. The maximum absolute atomic E-state index is 12.3. The van der Waals surface area contributed by atoms with E-state index in [1.165, 1.54) is 6.42 Å².